The van der Waals surface area contributed by atoms with Gasteiger partial charge in [0.15, 0.2) is 5.84 Å². The van der Waals surface area contributed by atoms with E-state index in [1.54, 1.807) is 23.9 Å². The number of benzene rings is 2. The second kappa shape index (κ2) is 5.80. The molecule has 2 aromatic carbocycles. The van der Waals surface area contributed by atoms with Gasteiger partial charge < -0.3 is 10.9 Å². The molecule has 5 heteroatoms. The fraction of sp³-hybridized carbons (Fsp3) is 0. The highest BCUT2D eigenvalue weighted by Gasteiger charge is 2.03. The zero-order valence-electron chi connectivity index (χ0n) is 9.38. The van der Waals surface area contributed by atoms with Crippen molar-refractivity contribution in [2.24, 2.45) is 10.9 Å². The van der Waals surface area contributed by atoms with Gasteiger partial charge in [0, 0.05) is 15.4 Å². The number of hydrogen-bond acceptors (Lipinski definition) is 3. The second-order valence-corrected chi connectivity index (χ2v) is 5.06. The molecule has 2 rings (SSSR count). The lowest BCUT2D eigenvalue weighted by Gasteiger charge is -2.04. The van der Waals surface area contributed by atoms with E-state index in [1.165, 1.54) is 0 Å². The van der Waals surface area contributed by atoms with E-state index in [0.29, 0.717) is 5.56 Å². The molecule has 0 aliphatic heterocycles. The van der Waals surface area contributed by atoms with E-state index in [2.05, 4.69) is 5.16 Å². The van der Waals surface area contributed by atoms with Crippen LogP contribution in [0.3, 0.4) is 0 Å². The van der Waals surface area contributed by atoms with Crippen molar-refractivity contribution in [2.45, 2.75) is 9.79 Å². The van der Waals surface area contributed by atoms with Crippen LogP contribution in [0.5, 0.6) is 0 Å². The Labute approximate surface area is 114 Å². The van der Waals surface area contributed by atoms with E-state index in [0.717, 1.165) is 14.8 Å². The topological polar surface area (TPSA) is 58.6 Å². The van der Waals surface area contributed by atoms with Gasteiger partial charge in [-0.05, 0) is 24.3 Å². The summed E-state index contributed by atoms with van der Waals surface area (Å²) >= 11 is 7.65. The minimum absolute atomic E-state index is 0.101. The quantitative estimate of drug-likeness (QED) is 0.390. The second-order valence-electron chi connectivity index (χ2n) is 3.54. The molecule has 18 heavy (non-hydrogen) atoms. The molecule has 0 radical (unpaired) electrons. The molecular formula is C13H11ClN2OS. The van der Waals surface area contributed by atoms with Crippen LogP contribution in [-0.2, 0) is 0 Å². The van der Waals surface area contributed by atoms with Gasteiger partial charge in [-0.15, -0.1) is 0 Å². The normalized spacial score (nSPS) is 11.5. The van der Waals surface area contributed by atoms with Gasteiger partial charge in [0.05, 0.1) is 5.02 Å². The van der Waals surface area contributed by atoms with Crippen LogP contribution in [0.4, 0.5) is 0 Å². The van der Waals surface area contributed by atoms with Crippen molar-refractivity contribution < 1.29 is 5.21 Å². The summed E-state index contributed by atoms with van der Waals surface area (Å²) in [6, 6.07) is 15.1. The summed E-state index contributed by atoms with van der Waals surface area (Å²) in [6.07, 6.45) is 0. The van der Waals surface area contributed by atoms with Gasteiger partial charge in [-0.2, -0.15) is 0 Å². The molecule has 0 aliphatic rings. The number of rotatable bonds is 3. The molecule has 0 aliphatic carbocycles. The molecule has 0 aromatic heterocycles. The van der Waals surface area contributed by atoms with E-state index in [4.69, 9.17) is 22.5 Å². The van der Waals surface area contributed by atoms with Crippen molar-refractivity contribution in [2.75, 3.05) is 0 Å². The molecule has 92 valence electrons. The average Bonchev–Trinajstić information content (AvgIpc) is 2.41. The molecule has 0 bridgehead atoms. The molecule has 0 heterocycles. The van der Waals surface area contributed by atoms with Crippen molar-refractivity contribution in [3.05, 3.63) is 59.1 Å². The lowest BCUT2D eigenvalue weighted by molar-refractivity contribution is 0.318. The van der Waals surface area contributed by atoms with Crippen LogP contribution < -0.4 is 5.73 Å². The summed E-state index contributed by atoms with van der Waals surface area (Å²) in [6.45, 7) is 0. The van der Waals surface area contributed by atoms with Crippen molar-refractivity contribution in [3.63, 3.8) is 0 Å². The van der Waals surface area contributed by atoms with Crippen LogP contribution in [0.25, 0.3) is 0 Å². The number of amidine groups is 1. The zero-order valence-corrected chi connectivity index (χ0v) is 10.9. The highest BCUT2D eigenvalue weighted by Crippen LogP contribution is 2.32. The van der Waals surface area contributed by atoms with E-state index in [-0.39, 0.29) is 5.84 Å². The molecule has 0 amide bonds. The van der Waals surface area contributed by atoms with Crippen LogP contribution in [0.15, 0.2) is 63.5 Å². The van der Waals surface area contributed by atoms with Crippen LogP contribution in [0, 0.1) is 0 Å². The van der Waals surface area contributed by atoms with E-state index < -0.39 is 0 Å². The fourth-order valence-corrected chi connectivity index (χ4v) is 2.50. The third kappa shape index (κ3) is 2.97. The molecule has 3 nitrogen and oxygen atoms in total. The first-order valence-corrected chi connectivity index (χ1v) is 6.40. The van der Waals surface area contributed by atoms with Crippen molar-refractivity contribution in [1.29, 1.82) is 0 Å². The lowest BCUT2D eigenvalue weighted by Crippen LogP contribution is -2.12. The Morgan fingerprint density at radius 1 is 1.11 bits per heavy atom. The van der Waals surface area contributed by atoms with Gasteiger partial charge in [-0.25, -0.2) is 0 Å². The smallest absolute Gasteiger partial charge is 0.170 e. The van der Waals surface area contributed by atoms with Crippen LogP contribution in [0.2, 0.25) is 5.02 Å². The summed E-state index contributed by atoms with van der Waals surface area (Å²) < 4.78 is 0. The minimum Gasteiger partial charge on any atom is -0.409 e. The number of oxime groups is 1. The predicted molar refractivity (Wildman–Crippen MR) is 74.5 cm³/mol. The van der Waals surface area contributed by atoms with Crippen LogP contribution in [-0.4, -0.2) is 11.0 Å². The van der Waals surface area contributed by atoms with E-state index in [1.807, 2.05) is 36.4 Å². The Bertz CT molecular complexity index is 569. The Hall–Kier alpha value is -1.65. The van der Waals surface area contributed by atoms with Gasteiger partial charge in [0.1, 0.15) is 0 Å². The SMILES string of the molecule is N/C(=N\O)c1ccc(Sc2ccccc2Cl)cc1. The van der Waals surface area contributed by atoms with Gasteiger partial charge >= 0.3 is 0 Å². The maximum atomic E-state index is 8.57. The monoisotopic (exact) mass is 278 g/mol. The summed E-state index contributed by atoms with van der Waals surface area (Å²) in [4.78, 5) is 2.04. The molecule has 0 unspecified atom stereocenters. The molecule has 2 aromatic rings. The molecule has 0 fully saturated rings. The highest BCUT2D eigenvalue weighted by atomic mass is 35.5. The standard InChI is InChI=1S/C13H11ClN2OS/c14-11-3-1-2-4-12(11)18-10-7-5-9(6-8-10)13(15)16-17/h1-8,17H,(H2,15,16). The number of halogens is 1. The summed E-state index contributed by atoms with van der Waals surface area (Å²) in [5, 5.41) is 12.2. The van der Waals surface area contributed by atoms with E-state index >= 15 is 0 Å². The summed E-state index contributed by atoms with van der Waals surface area (Å²) in [5.41, 5.74) is 6.17. The molecular weight excluding hydrogens is 268 g/mol. The van der Waals surface area contributed by atoms with E-state index in [9.17, 15) is 0 Å². The van der Waals surface area contributed by atoms with Gasteiger partial charge in [-0.3, -0.25) is 0 Å². The first kappa shape index (κ1) is 12.8. The summed E-state index contributed by atoms with van der Waals surface area (Å²) in [5.74, 6) is 0.101. The first-order chi connectivity index (χ1) is 8.70. The molecule has 0 atom stereocenters. The maximum Gasteiger partial charge on any atom is 0.170 e. The number of nitrogens with zero attached hydrogens (tertiary/aromatic N) is 1. The largest absolute Gasteiger partial charge is 0.409 e. The predicted octanol–water partition coefficient (Wildman–Crippen LogP) is 3.59. The highest BCUT2D eigenvalue weighted by molar-refractivity contribution is 7.99. The molecule has 3 N–H and O–H groups in total. The molecule has 0 saturated carbocycles. The fourth-order valence-electron chi connectivity index (χ4n) is 1.41. The van der Waals surface area contributed by atoms with Gasteiger partial charge in [0.2, 0.25) is 0 Å². The Morgan fingerprint density at radius 3 is 2.39 bits per heavy atom. The number of nitrogens with two attached hydrogens (primary N) is 1. The third-order valence-corrected chi connectivity index (χ3v) is 3.85. The van der Waals surface area contributed by atoms with Crippen molar-refractivity contribution >= 4 is 29.2 Å². The summed E-state index contributed by atoms with van der Waals surface area (Å²) in [7, 11) is 0. The van der Waals surface area contributed by atoms with Gasteiger partial charge in [-0.1, -0.05) is 52.8 Å². The van der Waals surface area contributed by atoms with Crippen molar-refractivity contribution in [1.82, 2.24) is 0 Å². The average molecular weight is 279 g/mol. The molecule has 0 spiro atoms. The zero-order chi connectivity index (χ0) is 13.0. The Balaban J connectivity index is 2.19. The third-order valence-electron chi connectivity index (χ3n) is 2.32. The Kier molecular flexibility index (Phi) is 4.12. The first-order valence-electron chi connectivity index (χ1n) is 5.21. The molecule has 0 saturated heterocycles. The van der Waals surface area contributed by atoms with Crippen LogP contribution in [0.1, 0.15) is 5.56 Å². The Morgan fingerprint density at radius 2 is 1.78 bits per heavy atom. The maximum absolute atomic E-state index is 8.57. The minimum atomic E-state index is 0.101. The number of hydrogen-bond donors (Lipinski definition) is 2. The van der Waals surface area contributed by atoms with Gasteiger partial charge in [0.25, 0.3) is 0 Å². The lowest BCUT2D eigenvalue weighted by atomic mass is 10.2. The van der Waals surface area contributed by atoms with Crippen LogP contribution >= 0.6 is 23.4 Å². The van der Waals surface area contributed by atoms with Crippen molar-refractivity contribution in [3.8, 4) is 0 Å².